The van der Waals surface area contributed by atoms with E-state index in [2.05, 4.69) is 36.8 Å². The Balaban J connectivity index is 2.13. The summed E-state index contributed by atoms with van der Waals surface area (Å²) < 4.78 is 7.55. The van der Waals surface area contributed by atoms with Gasteiger partial charge in [-0.2, -0.15) is 0 Å². The molecule has 0 spiro atoms. The first-order chi connectivity index (χ1) is 8.16. The highest BCUT2D eigenvalue weighted by Crippen LogP contribution is 2.33. The van der Waals surface area contributed by atoms with E-state index in [0.717, 1.165) is 20.3 Å². The molecule has 0 atom stereocenters. The number of hydrogen-bond acceptors (Lipinski definition) is 3. The first-order valence-corrected chi connectivity index (χ1v) is 6.52. The van der Waals surface area contributed by atoms with E-state index in [0.29, 0.717) is 12.4 Å². The first kappa shape index (κ1) is 12.4. The van der Waals surface area contributed by atoms with E-state index in [-0.39, 0.29) is 0 Å². The summed E-state index contributed by atoms with van der Waals surface area (Å²) in [7, 11) is 0. The van der Waals surface area contributed by atoms with Gasteiger partial charge in [-0.1, -0.05) is 6.07 Å². The van der Waals surface area contributed by atoms with E-state index >= 15 is 0 Å². The Morgan fingerprint density at radius 2 is 1.88 bits per heavy atom. The third-order valence-corrected chi connectivity index (χ3v) is 3.40. The van der Waals surface area contributed by atoms with Crippen LogP contribution >= 0.6 is 31.9 Å². The molecule has 5 heteroatoms. The summed E-state index contributed by atoms with van der Waals surface area (Å²) in [5.41, 5.74) is 6.59. The predicted octanol–water partition coefficient (Wildman–Crippen LogP) is 3.77. The zero-order chi connectivity index (χ0) is 12.3. The Morgan fingerprint density at radius 1 is 1.18 bits per heavy atom. The van der Waals surface area contributed by atoms with Gasteiger partial charge in [0.25, 0.3) is 0 Å². The van der Waals surface area contributed by atoms with Crippen molar-refractivity contribution in [1.82, 2.24) is 4.98 Å². The number of halogens is 2. The van der Waals surface area contributed by atoms with Crippen LogP contribution in [0.3, 0.4) is 0 Å². The Morgan fingerprint density at radius 3 is 2.53 bits per heavy atom. The molecule has 2 N–H and O–H groups in total. The van der Waals surface area contributed by atoms with Crippen molar-refractivity contribution < 1.29 is 4.74 Å². The zero-order valence-electron chi connectivity index (χ0n) is 8.86. The van der Waals surface area contributed by atoms with Gasteiger partial charge in [0.1, 0.15) is 18.2 Å². The molecule has 0 radical (unpaired) electrons. The molecule has 1 heterocycles. The lowest BCUT2D eigenvalue weighted by atomic mass is 10.3. The van der Waals surface area contributed by atoms with Gasteiger partial charge >= 0.3 is 0 Å². The van der Waals surface area contributed by atoms with E-state index in [1.807, 2.05) is 24.3 Å². The lowest BCUT2D eigenvalue weighted by Gasteiger charge is -2.10. The highest BCUT2D eigenvalue weighted by molar-refractivity contribution is 9.11. The van der Waals surface area contributed by atoms with Crippen molar-refractivity contribution in [2.24, 2.45) is 0 Å². The van der Waals surface area contributed by atoms with E-state index in [1.165, 1.54) is 0 Å². The van der Waals surface area contributed by atoms with Crippen LogP contribution < -0.4 is 10.5 Å². The van der Waals surface area contributed by atoms with Gasteiger partial charge in [0, 0.05) is 6.20 Å². The van der Waals surface area contributed by atoms with Crippen molar-refractivity contribution >= 4 is 37.7 Å². The van der Waals surface area contributed by atoms with Crippen molar-refractivity contribution in [3.63, 3.8) is 0 Å². The maximum absolute atomic E-state index is 5.73. The number of para-hydroxylation sites is 1. The van der Waals surface area contributed by atoms with Gasteiger partial charge in [0.2, 0.25) is 0 Å². The summed E-state index contributed by atoms with van der Waals surface area (Å²) in [5, 5.41) is 0. The molecule has 1 aromatic carbocycles. The van der Waals surface area contributed by atoms with Gasteiger partial charge in [0.05, 0.1) is 8.95 Å². The number of anilines is 1. The summed E-state index contributed by atoms with van der Waals surface area (Å²) in [4.78, 5) is 3.93. The number of pyridine rings is 1. The minimum absolute atomic E-state index is 0.452. The number of aromatic nitrogens is 1. The van der Waals surface area contributed by atoms with Crippen LogP contribution in [0, 0.1) is 0 Å². The number of nitrogens with zero attached hydrogens (tertiary/aromatic N) is 1. The van der Waals surface area contributed by atoms with Crippen LogP contribution in [0.5, 0.6) is 5.75 Å². The van der Waals surface area contributed by atoms with Crippen molar-refractivity contribution in [2.45, 2.75) is 6.61 Å². The molecule has 88 valence electrons. The van der Waals surface area contributed by atoms with Crippen LogP contribution in [0.4, 0.5) is 5.82 Å². The maximum atomic E-state index is 5.73. The summed E-state index contributed by atoms with van der Waals surface area (Å²) in [6.45, 7) is 0.452. The molecular formula is C12H10Br2N2O. The van der Waals surface area contributed by atoms with E-state index in [1.54, 1.807) is 12.3 Å². The Bertz CT molecular complexity index is 511. The number of hydrogen-bond donors (Lipinski definition) is 1. The molecule has 0 saturated heterocycles. The molecule has 0 unspecified atom stereocenters. The fourth-order valence-corrected chi connectivity index (χ4v) is 2.59. The summed E-state index contributed by atoms with van der Waals surface area (Å²) >= 11 is 6.89. The fourth-order valence-electron chi connectivity index (χ4n) is 1.36. The molecule has 0 amide bonds. The fraction of sp³-hybridized carbons (Fsp3) is 0.0833. The van der Waals surface area contributed by atoms with Crippen LogP contribution in [0.1, 0.15) is 5.56 Å². The molecule has 0 fully saturated rings. The smallest absolute Gasteiger partial charge is 0.148 e. The van der Waals surface area contributed by atoms with Gasteiger partial charge in [0.15, 0.2) is 0 Å². The lowest BCUT2D eigenvalue weighted by molar-refractivity contribution is 0.302. The third-order valence-electron chi connectivity index (χ3n) is 2.15. The largest absolute Gasteiger partial charge is 0.487 e. The summed E-state index contributed by atoms with van der Waals surface area (Å²) in [6, 6.07) is 9.47. The topological polar surface area (TPSA) is 48.1 Å². The Hall–Kier alpha value is -1.07. The zero-order valence-corrected chi connectivity index (χ0v) is 12.0. The van der Waals surface area contributed by atoms with Crippen LogP contribution in [0.15, 0.2) is 45.5 Å². The van der Waals surface area contributed by atoms with Crippen molar-refractivity contribution in [3.05, 3.63) is 51.0 Å². The van der Waals surface area contributed by atoms with Gasteiger partial charge in [-0.25, -0.2) is 4.98 Å². The molecule has 0 aliphatic heterocycles. The van der Waals surface area contributed by atoms with Crippen LogP contribution in [0.25, 0.3) is 0 Å². The lowest BCUT2D eigenvalue weighted by Crippen LogP contribution is -1.99. The number of ether oxygens (including phenoxy) is 1. The molecule has 2 rings (SSSR count). The molecule has 0 bridgehead atoms. The first-order valence-electron chi connectivity index (χ1n) is 4.94. The average molecular weight is 358 g/mol. The SMILES string of the molecule is Nc1cc(COc2c(Br)cccc2Br)ccn1. The molecule has 0 aliphatic carbocycles. The molecule has 0 aliphatic rings. The second-order valence-corrected chi connectivity index (χ2v) is 5.14. The summed E-state index contributed by atoms with van der Waals surface area (Å²) in [6.07, 6.45) is 1.67. The number of benzene rings is 1. The number of nitrogens with two attached hydrogens (primary N) is 1. The third kappa shape index (κ3) is 3.20. The monoisotopic (exact) mass is 356 g/mol. The number of rotatable bonds is 3. The molecule has 1 aromatic heterocycles. The minimum atomic E-state index is 0.452. The number of nitrogen functional groups attached to an aromatic ring is 1. The van der Waals surface area contributed by atoms with Crippen LogP contribution in [0.2, 0.25) is 0 Å². The van der Waals surface area contributed by atoms with Gasteiger partial charge < -0.3 is 10.5 Å². The van der Waals surface area contributed by atoms with Gasteiger partial charge in [-0.15, -0.1) is 0 Å². The summed E-state index contributed by atoms with van der Waals surface area (Å²) in [5.74, 6) is 1.28. The maximum Gasteiger partial charge on any atom is 0.148 e. The second kappa shape index (κ2) is 5.51. The Kier molecular flexibility index (Phi) is 4.02. The van der Waals surface area contributed by atoms with E-state index in [9.17, 15) is 0 Å². The van der Waals surface area contributed by atoms with Crippen molar-refractivity contribution in [3.8, 4) is 5.75 Å². The normalized spacial score (nSPS) is 10.2. The van der Waals surface area contributed by atoms with Gasteiger partial charge in [-0.05, 0) is 61.7 Å². The van der Waals surface area contributed by atoms with Crippen molar-refractivity contribution in [1.29, 1.82) is 0 Å². The van der Waals surface area contributed by atoms with Crippen LogP contribution in [-0.4, -0.2) is 4.98 Å². The molecular weight excluding hydrogens is 348 g/mol. The van der Waals surface area contributed by atoms with Gasteiger partial charge in [-0.3, -0.25) is 0 Å². The molecule has 0 saturated carbocycles. The Labute approximate surface area is 116 Å². The molecule has 2 aromatic rings. The van der Waals surface area contributed by atoms with E-state index in [4.69, 9.17) is 10.5 Å². The molecule has 17 heavy (non-hydrogen) atoms. The average Bonchev–Trinajstić information content (AvgIpc) is 2.28. The minimum Gasteiger partial charge on any atom is -0.487 e. The quantitative estimate of drug-likeness (QED) is 0.909. The highest BCUT2D eigenvalue weighted by Gasteiger charge is 2.06. The molecule has 3 nitrogen and oxygen atoms in total. The van der Waals surface area contributed by atoms with Crippen molar-refractivity contribution in [2.75, 3.05) is 5.73 Å². The van der Waals surface area contributed by atoms with E-state index < -0.39 is 0 Å². The predicted molar refractivity (Wildman–Crippen MR) is 74.8 cm³/mol. The van der Waals surface area contributed by atoms with Crippen LogP contribution in [-0.2, 0) is 6.61 Å². The standard InChI is InChI=1S/C12H10Br2N2O/c13-9-2-1-3-10(14)12(9)17-7-8-4-5-16-11(15)6-8/h1-6H,7H2,(H2,15,16). The highest BCUT2D eigenvalue weighted by atomic mass is 79.9. The second-order valence-electron chi connectivity index (χ2n) is 3.43.